The molecule has 0 bridgehead atoms. The molecule has 0 spiro atoms. The third kappa shape index (κ3) is 1.95. The van der Waals surface area contributed by atoms with E-state index in [0.29, 0.717) is 6.23 Å². The zero-order chi connectivity index (χ0) is 6.69. The van der Waals surface area contributed by atoms with Crippen LogP contribution in [0.4, 0.5) is 0 Å². The summed E-state index contributed by atoms with van der Waals surface area (Å²) in [5.74, 6) is 0. The highest BCUT2D eigenvalue weighted by atomic mass is 16.3. The Balaban J connectivity index is 2.23. The molecule has 0 saturated carbocycles. The van der Waals surface area contributed by atoms with Gasteiger partial charge in [-0.2, -0.15) is 0 Å². The SMILES string of the molecule is C[C](O)N1CCCCC1. The van der Waals surface area contributed by atoms with Gasteiger partial charge in [-0.05, 0) is 19.8 Å². The van der Waals surface area contributed by atoms with Gasteiger partial charge < -0.3 is 5.11 Å². The van der Waals surface area contributed by atoms with Crippen LogP contribution in [0.25, 0.3) is 0 Å². The number of hydrogen-bond acceptors (Lipinski definition) is 2. The van der Waals surface area contributed by atoms with Crippen molar-refractivity contribution in [3.63, 3.8) is 0 Å². The zero-order valence-electron chi connectivity index (χ0n) is 5.93. The number of aliphatic hydroxyl groups is 1. The first-order valence-corrected chi connectivity index (χ1v) is 3.58. The Morgan fingerprint density at radius 2 is 1.78 bits per heavy atom. The van der Waals surface area contributed by atoms with Gasteiger partial charge in [0.1, 0.15) is 0 Å². The van der Waals surface area contributed by atoms with Crippen molar-refractivity contribution in [2.45, 2.75) is 26.2 Å². The second-order valence-corrected chi connectivity index (χ2v) is 2.59. The van der Waals surface area contributed by atoms with E-state index in [-0.39, 0.29) is 0 Å². The monoisotopic (exact) mass is 128 g/mol. The van der Waals surface area contributed by atoms with Gasteiger partial charge in [0.05, 0.1) is 0 Å². The fraction of sp³-hybridized carbons (Fsp3) is 0.857. The second-order valence-electron chi connectivity index (χ2n) is 2.59. The molecule has 0 atom stereocenters. The largest absolute Gasteiger partial charge is 0.371 e. The van der Waals surface area contributed by atoms with Crippen LogP contribution in [0.1, 0.15) is 26.2 Å². The van der Waals surface area contributed by atoms with Crippen molar-refractivity contribution >= 4 is 0 Å². The first kappa shape index (κ1) is 7.03. The lowest BCUT2D eigenvalue weighted by Gasteiger charge is -2.27. The van der Waals surface area contributed by atoms with E-state index >= 15 is 0 Å². The van der Waals surface area contributed by atoms with Gasteiger partial charge in [0.15, 0.2) is 6.23 Å². The Kier molecular flexibility index (Phi) is 2.49. The van der Waals surface area contributed by atoms with E-state index in [1.54, 1.807) is 6.92 Å². The minimum Gasteiger partial charge on any atom is -0.371 e. The van der Waals surface area contributed by atoms with E-state index in [0.717, 1.165) is 13.1 Å². The molecule has 1 saturated heterocycles. The molecule has 1 aliphatic heterocycles. The molecule has 2 nitrogen and oxygen atoms in total. The van der Waals surface area contributed by atoms with Crippen molar-refractivity contribution in [1.82, 2.24) is 4.90 Å². The van der Waals surface area contributed by atoms with Crippen LogP contribution >= 0.6 is 0 Å². The predicted molar refractivity (Wildman–Crippen MR) is 36.3 cm³/mol. The van der Waals surface area contributed by atoms with Gasteiger partial charge in [0.2, 0.25) is 0 Å². The number of hydrogen-bond donors (Lipinski definition) is 1. The average molecular weight is 128 g/mol. The summed E-state index contributed by atoms with van der Waals surface area (Å²) < 4.78 is 0. The summed E-state index contributed by atoms with van der Waals surface area (Å²) in [6, 6.07) is 0. The van der Waals surface area contributed by atoms with Gasteiger partial charge in [-0.1, -0.05) is 6.42 Å². The number of piperidine rings is 1. The topological polar surface area (TPSA) is 23.5 Å². The zero-order valence-corrected chi connectivity index (χ0v) is 5.93. The Morgan fingerprint density at radius 3 is 2.11 bits per heavy atom. The molecule has 1 rings (SSSR count). The summed E-state index contributed by atoms with van der Waals surface area (Å²) in [5.41, 5.74) is 0. The molecular formula is C7H14NO. The third-order valence-electron chi connectivity index (χ3n) is 1.81. The molecule has 1 radical (unpaired) electrons. The first-order valence-electron chi connectivity index (χ1n) is 3.58. The quantitative estimate of drug-likeness (QED) is 0.576. The van der Waals surface area contributed by atoms with Crippen LogP contribution in [0.2, 0.25) is 0 Å². The van der Waals surface area contributed by atoms with Crippen LogP contribution in [0.3, 0.4) is 0 Å². The lowest BCUT2D eigenvalue weighted by molar-refractivity contribution is 0.102. The summed E-state index contributed by atoms with van der Waals surface area (Å²) in [6.45, 7) is 3.84. The molecule has 9 heavy (non-hydrogen) atoms. The number of aliphatic hydroxyl groups excluding tert-OH is 1. The van der Waals surface area contributed by atoms with Crippen molar-refractivity contribution in [3.8, 4) is 0 Å². The molecule has 53 valence electrons. The van der Waals surface area contributed by atoms with Crippen LogP contribution < -0.4 is 0 Å². The van der Waals surface area contributed by atoms with E-state index in [1.807, 2.05) is 4.90 Å². The van der Waals surface area contributed by atoms with E-state index in [9.17, 15) is 0 Å². The van der Waals surface area contributed by atoms with Crippen LogP contribution in [0.15, 0.2) is 0 Å². The van der Waals surface area contributed by atoms with Gasteiger partial charge in [-0.15, -0.1) is 0 Å². The first-order chi connectivity index (χ1) is 4.30. The highest BCUT2D eigenvalue weighted by Gasteiger charge is 2.14. The standard InChI is InChI=1S/C7H14NO/c1-7(9)8-5-3-2-4-6-8/h9H,2-6H2,1H3. The van der Waals surface area contributed by atoms with Gasteiger partial charge in [0, 0.05) is 13.1 Å². The maximum absolute atomic E-state index is 9.02. The molecule has 1 heterocycles. The summed E-state index contributed by atoms with van der Waals surface area (Å²) in [4.78, 5) is 2.03. The van der Waals surface area contributed by atoms with Gasteiger partial charge in [0.25, 0.3) is 0 Å². The molecular weight excluding hydrogens is 114 g/mol. The van der Waals surface area contributed by atoms with Crippen molar-refractivity contribution in [1.29, 1.82) is 0 Å². The smallest absolute Gasteiger partial charge is 0.158 e. The predicted octanol–water partition coefficient (Wildman–Crippen LogP) is 1.35. The summed E-state index contributed by atoms with van der Waals surface area (Å²) in [5, 5.41) is 9.02. The molecule has 0 amide bonds. The summed E-state index contributed by atoms with van der Waals surface area (Å²) in [7, 11) is 0. The maximum Gasteiger partial charge on any atom is 0.158 e. The van der Waals surface area contributed by atoms with Gasteiger partial charge in [-0.3, -0.25) is 4.90 Å². The molecule has 0 aromatic carbocycles. The van der Waals surface area contributed by atoms with E-state index in [2.05, 4.69) is 0 Å². The Bertz CT molecular complexity index is 77.0. The molecule has 0 unspecified atom stereocenters. The lowest BCUT2D eigenvalue weighted by atomic mass is 10.1. The van der Waals surface area contributed by atoms with Crippen LogP contribution in [0, 0.1) is 6.23 Å². The van der Waals surface area contributed by atoms with Gasteiger partial charge in [-0.25, -0.2) is 0 Å². The lowest BCUT2D eigenvalue weighted by Crippen LogP contribution is -2.31. The molecule has 1 aliphatic rings. The van der Waals surface area contributed by atoms with Crippen molar-refractivity contribution in [3.05, 3.63) is 6.23 Å². The number of likely N-dealkylation sites (tertiary alicyclic amines) is 1. The van der Waals surface area contributed by atoms with E-state index in [4.69, 9.17) is 5.11 Å². The van der Waals surface area contributed by atoms with Crippen molar-refractivity contribution in [2.75, 3.05) is 13.1 Å². The minimum atomic E-state index is 0.481. The fourth-order valence-corrected chi connectivity index (χ4v) is 1.22. The molecule has 1 fully saturated rings. The van der Waals surface area contributed by atoms with Crippen LogP contribution in [0.5, 0.6) is 0 Å². The molecule has 1 N–H and O–H groups in total. The minimum absolute atomic E-state index is 0.481. The van der Waals surface area contributed by atoms with Gasteiger partial charge >= 0.3 is 0 Å². The number of nitrogens with zero attached hydrogens (tertiary/aromatic N) is 1. The Labute approximate surface area is 56.5 Å². The third-order valence-corrected chi connectivity index (χ3v) is 1.81. The molecule has 2 heteroatoms. The van der Waals surface area contributed by atoms with Crippen molar-refractivity contribution in [2.24, 2.45) is 0 Å². The maximum atomic E-state index is 9.02. The summed E-state index contributed by atoms with van der Waals surface area (Å²) >= 11 is 0. The van der Waals surface area contributed by atoms with E-state index in [1.165, 1.54) is 19.3 Å². The highest BCUT2D eigenvalue weighted by molar-refractivity contribution is 4.74. The molecule has 0 aromatic heterocycles. The number of rotatable bonds is 1. The van der Waals surface area contributed by atoms with Crippen LogP contribution in [-0.2, 0) is 0 Å². The average Bonchev–Trinajstić information content (AvgIpc) is 1.90. The normalized spacial score (nSPS) is 23.0. The fourth-order valence-electron chi connectivity index (χ4n) is 1.22. The Hall–Kier alpha value is -0.0800. The highest BCUT2D eigenvalue weighted by Crippen LogP contribution is 2.13. The molecule has 0 aromatic rings. The van der Waals surface area contributed by atoms with E-state index < -0.39 is 0 Å². The van der Waals surface area contributed by atoms with Crippen molar-refractivity contribution < 1.29 is 5.11 Å². The summed E-state index contributed by atoms with van der Waals surface area (Å²) in [6.07, 6.45) is 4.27. The second kappa shape index (κ2) is 3.18. The van der Waals surface area contributed by atoms with Crippen LogP contribution in [-0.4, -0.2) is 23.1 Å². The Morgan fingerprint density at radius 1 is 1.22 bits per heavy atom. The molecule has 0 aliphatic carbocycles.